The van der Waals surface area contributed by atoms with E-state index in [4.69, 9.17) is 0 Å². The van der Waals surface area contributed by atoms with E-state index in [1.165, 1.54) is 0 Å². The predicted octanol–water partition coefficient (Wildman–Crippen LogP) is -28.8. The van der Waals surface area contributed by atoms with Gasteiger partial charge >= 0.3 is 501 Å². The summed E-state index contributed by atoms with van der Waals surface area (Å²) in [6, 6.07) is 0. The normalized spacial score (nSPS) is 5.18. The first-order valence-electron chi connectivity index (χ1n) is 1.03. The van der Waals surface area contributed by atoms with Gasteiger partial charge in [0.1, 0.15) is 0 Å². The zero-order chi connectivity index (χ0) is 5.21. The van der Waals surface area contributed by atoms with Crippen molar-refractivity contribution in [1.29, 1.82) is 0 Å². The van der Waals surface area contributed by atoms with Gasteiger partial charge in [-0.3, -0.25) is 0 Å². The molecule has 0 saturated carbocycles. The number of hydrogen-bond acceptors (Lipinski definition) is 4. The fourth-order valence-electron chi connectivity index (χ4n) is 0. The summed E-state index contributed by atoms with van der Waals surface area (Å²) in [5, 5.41) is 0. The van der Waals surface area contributed by atoms with Crippen LogP contribution in [0.15, 0.2) is 0 Å². The van der Waals surface area contributed by atoms with Crippen LogP contribution in [0.25, 0.3) is 0 Å². The molecule has 0 N–H and O–H groups in total. The average molecular weight is 534 g/mol. The van der Waals surface area contributed by atoms with E-state index in [0.717, 1.165) is 0 Å². The maximum atomic E-state index is 9.31. The van der Waals surface area contributed by atoms with E-state index < -0.39 is 13.0 Å². The van der Waals surface area contributed by atoms with E-state index in [1.807, 2.05) is 0 Å². The van der Waals surface area contributed by atoms with E-state index in [2.05, 4.69) is 3.51 Å². The molecule has 0 heterocycles. The Morgan fingerprint density at radius 2 is 0.647 bits per heavy atom. The molecule has 0 bridgehead atoms. The Hall–Kier alpha value is 14.7. The Kier molecular flexibility index (Phi) is 260. The third-order valence-corrected chi connectivity index (χ3v) is 2.34. The van der Waals surface area contributed by atoms with Crippen molar-refractivity contribution in [3.05, 3.63) is 0 Å². The SMILES string of the molecule is [K+].[K+].[K+].[K+].[K+].[K+].[K+].[K+].[K+].[O-2].[O-2].[O]=[Mn-5](=[O])(=[O])[O][SiH3]. The molecule has 17 heteroatoms. The average Bonchev–Trinajstić information content (AvgIpc) is 1.35. The van der Waals surface area contributed by atoms with Crippen LogP contribution in [-0.2, 0) is 38.9 Å². The van der Waals surface area contributed by atoms with E-state index in [9.17, 15) is 11.5 Å². The van der Waals surface area contributed by atoms with Crippen molar-refractivity contribution in [3.8, 4) is 0 Å². The Labute approximate surface area is 490 Å². The monoisotopic (exact) mass is 533 g/mol. The second kappa shape index (κ2) is 57.5. The van der Waals surface area contributed by atoms with Gasteiger partial charge in [-0.1, -0.05) is 0 Å². The van der Waals surface area contributed by atoms with E-state index >= 15 is 0 Å². The fraction of sp³-hybridized carbons (Fsp3) is 0. The first-order valence-corrected chi connectivity index (χ1v) is 3.77. The second-order valence-corrected chi connectivity index (χ2v) is 3.47. The molecule has 59 valence electrons. The van der Waals surface area contributed by atoms with Gasteiger partial charge in [0.25, 0.3) is 0 Å². The van der Waals surface area contributed by atoms with Gasteiger partial charge in [-0.25, -0.2) is 0 Å². The molecule has 0 aliphatic rings. The van der Waals surface area contributed by atoms with Crippen molar-refractivity contribution < 1.29 is 501 Å². The quantitative estimate of drug-likeness (QED) is 0.311. The standard InChI is InChI=1S/9K.Mn.H3OSi.5O/c;;;;;;;;;;1-2;;;;;/h;;;;;;;;;;2H3;;;;;/q9*+1;-4;-1;;;;2*-2. The van der Waals surface area contributed by atoms with Gasteiger partial charge in [-0.05, 0) is 0 Å². The second-order valence-electron chi connectivity index (χ2n) is 0.532. The van der Waals surface area contributed by atoms with Crippen LogP contribution in [0.1, 0.15) is 0 Å². The van der Waals surface area contributed by atoms with Gasteiger partial charge in [-0.2, -0.15) is 0 Å². The van der Waals surface area contributed by atoms with Crippen LogP contribution in [0.3, 0.4) is 0 Å². The summed E-state index contributed by atoms with van der Waals surface area (Å²) in [6.45, 7) is 0. The first-order chi connectivity index (χ1) is 2.56. The Bertz CT molecular complexity index is 158. The molecule has 0 aliphatic carbocycles. The molecule has 17 heavy (non-hydrogen) atoms. The van der Waals surface area contributed by atoms with Gasteiger partial charge < -0.3 is 11.0 Å². The van der Waals surface area contributed by atoms with Crippen molar-refractivity contribution in [2.45, 2.75) is 0 Å². The molecule has 0 aromatic carbocycles. The molecular weight excluding hydrogens is 531 g/mol. The summed E-state index contributed by atoms with van der Waals surface area (Å²) in [5.41, 5.74) is 0. The van der Waals surface area contributed by atoms with Crippen LogP contribution in [-0.4, -0.2) is 10.5 Å². The van der Waals surface area contributed by atoms with Gasteiger partial charge in [0.05, 0.1) is 0 Å². The number of rotatable bonds is 1. The van der Waals surface area contributed by atoms with E-state index in [1.54, 1.807) is 0 Å². The molecular formula is H3K9MnO6Si. The van der Waals surface area contributed by atoms with Crippen molar-refractivity contribution >= 4 is 10.5 Å². The number of hydrogen-bond donors (Lipinski definition) is 0. The first kappa shape index (κ1) is 77.0. The van der Waals surface area contributed by atoms with Crippen molar-refractivity contribution in [2.75, 3.05) is 0 Å². The van der Waals surface area contributed by atoms with Crippen LogP contribution in [0, 0.1) is 0 Å². The molecule has 0 radical (unpaired) electrons. The zero-order valence-electron chi connectivity index (χ0n) is 12.8. The van der Waals surface area contributed by atoms with Crippen LogP contribution in [0.4, 0.5) is 0 Å². The van der Waals surface area contributed by atoms with Crippen molar-refractivity contribution in [2.24, 2.45) is 0 Å². The van der Waals surface area contributed by atoms with Gasteiger partial charge in [0, 0.05) is 0 Å². The van der Waals surface area contributed by atoms with Crippen LogP contribution in [0.2, 0.25) is 0 Å². The molecule has 0 aromatic rings. The molecule has 0 aliphatic heterocycles. The van der Waals surface area contributed by atoms with E-state index in [0.29, 0.717) is 0 Å². The topological polar surface area (TPSA) is 117 Å². The summed E-state index contributed by atoms with van der Waals surface area (Å²) in [4.78, 5) is 0. The predicted molar refractivity (Wildman–Crippen MR) is 14.5 cm³/mol. The molecule has 0 aromatic heterocycles. The molecule has 0 amide bonds. The van der Waals surface area contributed by atoms with Crippen LogP contribution < -0.4 is 462 Å². The molecule has 0 unspecified atom stereocenters. The van der Waals surface area contributed by atoms with Crippen LogP contribution >= 0.6 is 0 Å². The Morgan fingerprint density at radius 3 is 0.647 bits per heavy atom. The third kappa shape index (κ3) is 80.7. The van der Waals surface area contributed by atoms with Crippen LogP contribution in [0.5, 0.6) is 0 Å². The minimum atomic E-state index is -4.83. The molecule has 0 rings (SSSR count). The summed E-state index contributed by atoms with van der Waals surface area (Å²) < 4.78 is 31.5. The third-order valence-electron chi connectivity index (χ3n) is 0.189. The maximum absolute atomic E-state index is 9.31. The van der Waals surface area contributed by atoms with Gasteiger partial charge in [-0.15, -0.1) is 0 Å². The summed E-state index contributed by atoms with van der Waals surface area (Å²) in [6.07, 6.45) is 0. The minimum absolute atomic E-state index is 0. The molecule has 0 spiro atoms. The Morgan fingerprint density at radius 1 is 0.588 bits per heavy atom. The molecule has 0 atom stereocenters. The molecule has 6 nitrogen and oxygen atoms in total. The molecule has 0 saturated heterocycles. The zero-order valence-corrected chi connectivity index (χ0v) is 44.1. The summed E-state index contributed by atoms with van der Waals surface area (Å²) >= 11 is -4.83. The van der Waals surface area contributed by atoms with Gasteiger partial charge in [0.15, 0.2) is 0 Å². The fourth-order valence-corrected chi connectivity index (χ4v) is 0. The van der Waals surface area contributed by atoms with Crippen molar-refractivity contribution in [1.82, 2.24) is 0 Å². The summed E-state index contributed by atoms with van der Waals surface area (Å²) in [7, 11) is -0.0270. The van der Waals surface area contributed by atoms with Crippen molar-refractivity contribution in [3.63, 3.8) is 0 Å². The molecule has 0 fully saturated rings. The van der Waals surface area contributed by atoms with Gasteiger partial charge in [0.2, 0.25) is 0 Å². The Balaban J connectivity index is -0.00000000227. The summed E-state index contributed by atoms with van der Waals surface area (Å²) in [5.74, 6) is 0. The van der Waals surface area contributed by atoms with E-state index in [-0.39, 0.29) is 484 Å².